The van der Waals surface area contributed by atoms with Crippen LogP contribution in [0.1, 0.15) is 24.0 Å². The van der Waals surface area contributed by atoms with Gasteiger partial charge >= 0.3 is 5.97 Å². The van der Waals surface area contributed by atoms with Crippen LogP contribution in [0.2, 0.25) is 0 Å². The number of carbonyl (C=O) groups excluding carboxylic acids is 1. The Morgan fingerprint density at radius 3 is 2.50 bits per heavy atom. The molecule has 78 valence electrons. The first kappa shape index (κ1) is 10.8. The second-order valence-electron chi connectivity index (χ2n) is 3.52. The number of aryl methyl sites for hydroxylation is 2. The van der Waals surface area contributed by atoms with Gasteiger partial charge in [0.2, 0.25) is 0 Å². The standard InChI is InChI=1S/C10H15NO3/c1-6-5-8(7(2)14-6)10(3,11)9(12)13-4/h5H,11H2,1-4H3/t10-/m1/s1. The molecule has 1 rings (SSSR count). The third-order valence-electron chi connectivity index (χ3n) is 2.21. The van der Waals surface area contributed by atoms with Gasteiger partial charge in [0.15, 0.2) is 0 Å². The molecule has 4 heteroatoms. The number of methoxy groups -OCH3 is 1. The zero-order valence-electron chi connectivity index (χ0n) is 8.88. The summed E-state index contributed by atoms with van der Waals surface area (Å²) >= 11 is 0. The van der Waals surface area contributed by atoms with Crippen molar-refractivity contribution in [3.05, 3.63) is 23.2 Å². The van der Waals surface area contributed by atoms with Crippen LogP contribution in [0.3, 0.4) is 0 Å². The van der Waals surface area contributed by atoms with Gasteiger partial charge in [-0.25, -0.2) is 4.79 Å². The predicted octanol–water partition coefficient (Wildman–Crippen LogP) is 1.24. The van der Waals surface area contributed by atoms with Crippen LogP contribution in [0, 0.1) is 13.8 Å². The first-order valence-corrected chi connectivity index (χ1v) is 4.34. The van der Waals surface area contributed by atoms with E-state index in [2.05, 4.69) is 4.74 Å². The van der Waals surface area contributed by atoms with Crippen molar-refractivity contribution in [1.82, 2.24) is 0 Å². The lowest BCUT2D eigenvalue weighted by molar-refractivity contribution is -0.146. The van der Waals surface area contributed by atoms with Crippen LogP contribution in [0.4, 0.5) is 0 Å². The zero-order chi connectivity index (χ0) is 10.9. The molecule has 14 heavy (non-hydrogen) atoms. The van der Waals surface area contributed by atoms with E-state index in [-0.39, 0.29) is 0 Å². The SMILES string of the molecule is COC(=O)[C@](C)(N)c1cc(C)oc1C. The fourth-order valence-electron chi connectivity index (χ4n) is 1.47. The number of esters is 1. The van der Waals surface area contributed by atoms with Crippen LogP contribution < -0.4 is 5.73 Å². The molecular weight excluding hydrogens is 182 g/mol. The van der Waals surface area contributed by atoms with Crippen LogP contribution in [0.25, 0.3) is 0 Å². The Balaban J connectivity index is 3.15. The maximum atomic E-state index is 11.4. The maximum absolute atomic E-state index is 11.4. The summed E-state index contributed by atoms with van der Waals surface area (Å²) in [7, 11) is 1.32. The molecule has 4 nitrogen and oxygen atoms in total. The number of hydrogen-bond donors (Lipinski definition) is 1. The van der Waals surface area contributed by atoms with Gasteiger partial charge in [0.1, 0.15) is 17.1 Å². The lowest BCUT2D eigenvalue weighted by atomic mass is 9.93. The van der Waals surface area contributed by atoms with Gasteiger partial charge in [-0.1, -0.05) is 0 Å². The lowest BCUT2D eigenvalue weighted by Gasteiger charge is -2.20. The Kier molecular flexibility index (Phi) is 2.66. The summed E-state index contributed by atoms with van der Waals surface area (Å²) in [4.78, 5) is 11.4. The van der Waals surface area contributed by atoms with Crippen molar-refractivity contribution in [3.63, 3.8) is 0 Å². The van der Waals surface area contributed by atoms with Gasteiger partial charge in [0.25, 0.3) is 0 Å². The highest BCUT2D eigenvalue weighted by Crippen LogP contribution is 2.25. The van der Waals surface area contributed by atoms with E-state index in [1.165, 1.54) is 7.11 Å². The minimum absolute atomic E-state index is 0.471. The van der Waals surface area contributed by atoms with Crippen LogP contribution in [0.15, 0.2) is 10.5 Å². The van der Waals surface area contributed by atoms with Crippen molar-refractivity contribution in [2.45, 2.75) is 26.3 Å². The number of furan rings is 1. The largest absolute Gasteiger partial charge is 0.467 e. The van der Waals surface area contributed by atoms with Crippen molar-refractivity contribution in [2.75, 3.05) is 7.11 Å². The van der Waals surface area contributed by atoms with Crippen LogP contribution in [-0.2, 0) is 15.1 Å². The van der Waals surface area contributed by atoms with Crippen LogP contribution in [0.5, 0.6) is 0 Å². The fourth-order valence-corrected chi connectivity index (χ4v) is 1.47. The van der Waals surface area contributed by atoms with E-state index in [0.717, 1.165) is 5.76 Å². The molecule has 0 spiro atoms. The van der Waals surface area contributed by atoms with Crippen molar-refractivity contribution < 1.29 is 13.9 Å². The molecule has 0 bridgehead atoms. The second kappa shape index (κ2) is 3.46. The molecule has 0 fully saturated rings. The van der Waals surface area contributed by atoms with Gasteiger partial charge < -0.3 is 14.9 Å². The van der Waals surface area contributed by atoms with Crippen molar-refractivity contribution >= 4 is 5.97 Å². The second-order valence-corrected chi connectivity index (χ2v) is 3.52. The molecule has 0 aliphatic heterocycles. The van der Waals surface area contributed by atoms with Crippen LogP contribution >= 0.6 is 0 Å². The number of rotatable bonds is 2. The number of ether oxygens (including phenoxy) is 1. The number of carbonyl (C=O) groups is 1. The predicted molar refractivity (Wildman–Crippen MR) is 51.7 cm³/mol. The zero-order valence-corrected chi connectivity index (χ0v) is 8.88. The topological polar surface area (TPSA) is 65.5 Å². The quantitative estimate of drug-likeness (QED) is 0.724. The van der Waals surface area contributed by atoms with Gasteiger partial charge in [-0.05, 0) is 26.8 Å². The average Bonchev–Trinajstić information content (AvgIpc) is 2.44. The summed E-state index contributed by atoms with van der Waals surface area (Å²) in [6.07, 6.45) is 0. The highest BCUT2D eigenvalue weighted by molar-refractivity contribution is 5.82. The molecular formula is C10H15NO3. The van der Waals surface area contributed by atoms with E-state index >= 15 is 0 Å². The van der Waals surface area contributed by atoms with Crippen molar-refractivity contribution in [3.8, 4) is 0 Å². The van der Waals surface area contributed by atoms with E-state index in [1.54, 1.807) is 19.9 Å². The Hall–Kier alpha value is -1.29. The third-order valence-corrected chi connectivity index (χ3v) is 2.21. The molecule has 0 aromatic carbocycles. The summed E-state index contributed by atoms with van der Waals surface area (Å²) in [5, 5.41) is 0. The lowest BCUT2D eigenvalue weighted by Crippen LogP contribution is -2.42. The van der Waals surface area contributed by atoms with Gasteiger partial charge in [0, 0.05) is 5.56 Å². The van der Waals surface area contributed by atoms with Gasteiger partial charge in [-0.3, -0.25) is 0 Å². The normalized spacial score (nSPS) is 14.9. The fraction of sp³-hybridized carbons (Fsp3) is 0.500. The Morgan fingerprint density at radius 2 is 2.14 bits per heavy atom. The molecule has 2 N–H and O–H groups in total. The average molecular weight is 197 g/mol. The van der Waals surface area contributed by atoms with E-state index in [1.807, 2.05) is 6.92 Å². The van der Waals surface area contributed by atoms with Gasteiger partial charge in [-0.2, -0.15) is 0 Å². The molecule has 1 aromatic rings. The summed E-state index contributed by atoms with van der Waals surface area (Å²) < 4.78 is 9.94. The summed E-state index contributed by atoms with van der Waals surface area (Å²) in [6, 6.07) is 1.76. The molecule has 1 heterocycles. The van der Waals surface area contributed by atoms with E-state index in [0.29, 0.717) is 11.3 Å². The Morgan fingerprint density at radius 1 is 1.57 bits per heavy atom. The van der Waals surface area contributed by atoms with Gasteiger partial charge in [0.05, 0.1) is 7.11 Å². The summed E-state index contributed by atoms with van der Waals surface area (Å²) in [5.41, 5.74) is 5.40. The maximum Gasteiger partial charge on any atom is 0.330 e. The molecule has 0 unspecified atom stereocenters. The summed E-state index contributed by atoms with van der Waals surface area (Å²) in [5.74, 6) is 0.914. The van der Waals surface area contributed by atoms with Crippen LogP contribution in [-0.4, -0.2) is 13.1 Å². The summed E-state index contributed by atoms with van der Waals surface area (Å²) in [6.45, 7) is 5.19. The third kappa shape index (κ3) is 1.65. The molecule has 1 atom stereocenters. The minimum Gasteiger partial charge on any atom is -0.467 e. The number of hydrogen-bond acceptors (Lipinski definition) is 4. The van der Waals surface area contributed by atoms with Gasteiger partial charge in [-0.15, -0.1) is 0 Å². The monoisotopic (exact) mass is 197 g/mol. The highest BCUT2D eigenvalue weighted by atomic mass is 16.5. The Labute approximate surface area is 83.0 Å². The van der Waals surface area contributed by atoms with E-state index in [4.69, 9.17) is 10.2 Å². The molecule has 0 aliphatic carbocycles. The molecule has 0 aliphatic rings. The molecule has 0 amide bonds. The molecule has 0 saturated heterocycles. The first-order valence-electron chi connectivity index (χ1n) is 4.34. The minimum atomic E-state index is -1.14. The van der Waals surface area contributed by atoms with Crippen molar-refractivity contribution in [2.24, 2.45) is 5.73 Å². The van der Waals surface area contributed by atoms with E-state index < -0.39 is 11.5 Å². The molecule has 0 saturated carbocycles. The molecule has 1 aromatic heterocycles. The van der Waals surface area contributed by atoms with Crippen molar-refractivity contribution in [1.29, 1.82) is 0 Å². The highest BCUT2D eigenvalue weighted by Gasteiger charge is 2.34. The molecule has 0 radical (unpaired) electrons. The Bertz CT molecular complexity index is 352. The first-order chi connectivity index (χ1) is 6.39. The number of nitrogens with two attached hydrogens (primary N) is 1. The smallest absolute Gasteiger partial charge is 0.330 e. The van der Waals surface area contributed by atoms with E-state index in [9.17, 15) is 4.79 Å².